The third kappa shape index (κ3) is 4.52. The third-order valence-electron chi connectivity index (χ3n) is 4.99. The molecule has 7 heteroatoms. The zero-order valence-corrected chi connectivity index (χ0v) is 15.9. The maximum atomic E-state index is 12.4. The molecule has 3 heterocycles. The predicted molar refractivity (Wildman–Crippen MR) is 101 cm³/mol. The van der Waals surface area contributed by atoms with Gasteiger partial charge in [-0.15, -0.1) is 0 Å². The minimum Gasteiger partial charge on any atom is -0.368 e. The zero-order chi connectivity index (χ0) is 17.6. The van der Waals surface area contributed by atoms with Crippen LogP contribution < -0.4 is 5.32 Å². The summed E-state index contributed by atoms with van der Waals surface area (Å²) in [6.07, 6.45) is 1.65. The van der Waals surface area contributed by atoms with E-state index in [0.29, 0.717) is 5.92 Å². The summed E-state index contributed by atoms with van der Waals surface area (Å²) in [5, 5.41) is 7.79. The molecule has 0 spiro atoms. The largest absolute Gasteiger partial charge is 0.368 e. The number of piperazine rings is 1. The van der Waals surface area contributed by atoms with Crippen molar-refractivity contribution >= 4 is 23.2 Å². The topological polar surface area (TPSA) is 57.2 Å². The van der Waals surface area contributed by atoms with Gasteiger partial charge < -0.3 is 19.9 Å². The zero-order valence-electron chi connectivity index (χ0n) is 15.1. The first-order valence-corrected chi connectivity index (χ1v) is 10.0. The Hall–Kier alpha value is -1.60. The lowest BCUT2D eigenvalue weighted by atomic mass is 10.1. The summed E-state index contributed by atoms with van der Waals surface area (Å²) in [7, 11) is 1.82. The highest BCUT2D eigenvalue weighted by Gasteiger charge is 2.30. The van der Waals surface area contributed by atoms with Gasteiger partial charge in [-0.05, 0) is 41.1 Å². The number of carbonyl (C=O) groups excluding carboxylic acids is 1. The highest BCUT2D eigenvalue weighted by Crippen LogP contribution is 2.18. The molecular weight excluding hydrogens is 336 g/mol. The molecule has 1 amide bonds. The molecule has 25 heavy (non-hydrogen) atoms. The van der Waals surface area contributed by atoms with Crippen LogP contribution in [-0.2, 0) is 9.53 Å². The molecule has 0 bridgehead atoms. The Kier molecular flexibility index (Phi) is 6.31. The van der Waals surface area contributed by atoms with Crippen molar-refractivity contribution in [3.05, 3.63) is 22.4 Å². The number of hydrogen-bond acceptors (Lipinski definition) is 4. The number of nitrogens with one attached hydrogen (secondary N) is 1. The lowest BCUT2D eigenvalue weighted by Gasteiger charge is -2.37. The van der Waals surface area contributed by atoms with E-state index in [4.69, 9.17) is 4.74 Å². The molecule has 2 atom stereocenters. The molecule has 0 aromatic carbocycles. The number of guanidine groups is 1. The molecule has 0 aliphatic carbocycles. The van der Waals surface area contributed by atoms with Gasteiger partial charge in [0.25, 0.3) is 5.91 Å². The van der Waals surface area contributed by atoms with Gasteiger partial charge in [0.1, 0.15) is 6.10 Å². The van der Waals surface area contributed by atoms with E-state index in [9.17, 15) is 4.79 Å². The fraction of sp³-hybridized carbons (Fsp3) is 0.667. The number of hydrogen-bond donors (Lipinski definition) is 1. The van der Waals surface area contributed by atoms with Crippen molar-refractivity contribution < 1.29 is 9.53 Å². The van der Waals surface area contributed by atoms with Crippen molar-refractivity contribution in [2.24, 2.45) is 4.99 Å². The van der Waals surface area contributed by atoms with E-state index in [1.54, 1.807) is 11.3 Å². The predicted octanol–water partition coefficient (Wildman–Crippen LogP) is 1.75. The second kappa shape index (κ2) is 8.67. The van der Waals surface area contributed by atoms with Crippen LogP contribution in [0.5, 0.6) is 0 Å². The molecule has 3 rings (SSSR count). The Bertz CT molecular complexity index is 576. The van der Waals surface area contributed by atoms with Crippen LogP contribution in [0.25, 0.3) is 0 Å². The van der Waals surface area contributed by atoms with Crippen molar-refractivity contribution in [2.75, 3.05) is 46.4 Å². The van der Waals surface area contributed by atoms with Gasteiger partial charge in [-0.25, -0.2) is 0 Å². The summed E-state index contributed by atoms with van der Waals surface area (Å²) in [6.45, 7) is 6.89. The number of thiophene rings is 1. The molecule has 1 aromatic heterocycles. The molecule has 0 radical (unpaired) electrons. The molecule has 138 valence electrons. The molecule has 6 nitrogen and oxygen atoms in total. The van der Waals surface area contributed by atoms with Gasteiger partial charge in [0.15, 0.2) is 5.96 Å². The van der Waals surface area contributed by atoms with Crippen LogP contribution in [-0.4, -0.2) is 74.1 Å². The molecule has 2 aliphatic heterocycles. The quantitative estimate of drug-likeness (QED) is 0.653. The minimum absolute atomic E-state index is 0.158. The van der Waals surface area contributed by atoms with Crippen LogP contribution in [0.4, 0.5) is 0 Å². The molecule has 2 saturated heterocycles. The van der Waals surface area contributed by atoms with Crippen molar-refractivity contribution in [3.63, 3.8) is 0 Å². The van der Waals surface area contributed by atoms with E-state index in [2.05, 4.69) is 39.0 Å². The van der Waals surface area contributed by atoms with Crippen molar-refractivity contribution in [2.45, 2.75) is 31.8 Å². The van der Waals surface area contributed by atoms with Crippen LogP contribution in [0.3, 0.4) is 0 Å². The Morgan fingerprint density at radius 2 is 2.16 bits per heavy atom. The number of nitrogens with zero attached hydrogens (tertiary/aromatic N) is 3. The lowest BCUT2D eigenvalue weighted by molar-refractivity contribution is -0.142. The standard InChI is InChI=1S/C18H28N4O2S/c1-14(15-5-11-25-13-15)12-20-18(19-2)22-8-6-21(7-9-22)17(23)16-4-3-10-24-16/h5,11,13-14,16H,3-4,6-10,12H2,1-2H3,(H,19,20). The number of aliphatic imine (C=N–C) groups is 1. The third-order valence-corrected chi connectivity index (χ3v) is 5.69. The van der Waals surface area contributed by atoms with Gasteiger partial charge in [-0.1, -0.05) is 6.92 Å². The van der Waals surface area contributed by atoms with Crippen LogP contribution in [0.2, 0.25) is 0 Å². The van der Waals surface area contributed by atoms with E-state index in [0.717, 1.165) is 58.1 Å². The summed E-state index contributed by atoms with van der Waals surface area (Å²) in [5.41, 5.74) is 1.36. The molecule has 1 N–H and O–H groups in total. The highest BCUT2D eigenvalue weighted by atomic mass is 32.1. The van der Waals surface area contributed by atoms with Gasteiger partial charge in [0.2, 0.25) is 0 Å². The second-order valence-electron chi connectivity index (χ2n) is 6.70. The van der Waals surface area contributed by atoms with Crippen molar-refractivity contribution in [1.82, 2.24) is 15.1 Å². The van der Waals surface area contributed by atoms with Gasteiger partial charge in [0, 0.05) is 46.4 Å². The van der Waals surface area contributed by atoms with E-state index >= 15 is 0 Å². The molecule has 1 aromatic rings. The normalized spacial score (nSPS) is 23.0. The van der Waals surface area contributed by atoms with E-state index in [-0.39, 0.29) is 12.0 Å². The molecule has 0 saturated carbocycles. The molecule has 2 fully saturated rings. The number of rotatable bonds is 4. The van der Waals surface area contributed by atoms with E-state index < -0.39 is 0 Å². The van der Waals surface area contributed by atoms with Crippen LogP contribution >= 0.6 is 11.3 Å². The number of ether oxygens (including phenoxy) is 1. The molecular formula is C18H28N4O2S. The summed E-state index contributed by atoms with van der Waals surface area (Å²) < 4.78 is 5.52. The summed E-state index contributed by atoms with van der Waals surface area (Å²) in [6, 6.07) is 2.18. The second-order valence-corrected chi connectivity index (χ2v) is 7.48. The van der Waals surface area contributed by atoms with Crippen LogP contribution in [0.15, 0.2) is 21.8 Å². The van der Waals surface area contributed by atoms with Gasteiger partial charge >= 0.3 is 0 Å². The molecule has 2 unspecified atom stereocenters. The summed E-state index contributed by atoms with van der Waals surface area (Å²) in [5.74, 6) is 1.53. The Labute approximate surface area is 153 Å². The minimum atomic E-state index is -0.213. The smallest absolute Gasteiger partial charge is 0.251 e. The SMILES string of the molecule is CN=C(NCC(C)c1ccsc1)N1CCN(C(=O)C2CCCO2)CC1. The van der Waals surface area contributed by atoms with Crippen molar-refractivity contribution in [3.8, 4) is 0 Å². The fourth-order valence-corrected chi connectivity index (χ4v) is 4.15. The first kappa shape index (κ1) is 18.2. The average molecular weight is 365 g/mol. The van der Waals surface area contributed by atoms with Crippen LogP contribution in [0, 0.1) is 0 Å². The Morgan fingerprint density at radius 1 is 1.40 bits per heavy atom. The Balaban J connectivity index is 1.46. The first-order chi connectivity index (χ1) is 12.2. The van der Waals surface area contributed by atoms with Gasteiger partial charge in [0.05, 0.1) is 0 Å². The lowest BCUT2D eigenvalue weighted by Crippen LogP contribution is -2.55. The maximum absolute atomic E-state index is 12.4. The number of carbonyl (C=O) groups is 1. The van der Waals surface area contributed by atoms with Gasteiger partial charge in [-0.2, -0.15) is 11.3 Å². The van der Waals surface area contributed by atoms with E-state index in [1.165, 1.54) is 5.56 Å². The number of amides is 1. The highest BCUT2D eigenvalue weighted by molar-refractivity contribution is 7.07. The summed E-state index contributed by atoms with van der Waals surface area (Å²) >= 11 is 1.73. The first-order valence-electron chi connectivity index (χ1n) is 9.07. The van der Waals surface area contributed by atoms with E-state index in [1.807, 2.05) is 11.9 Å². The Morgan fingerprint density at radius 3 is 2.76 bits per heavy atom. The fourth-order valence-electron chi connectivity index (χ4n) is 3.36. The molecule has 2 aliphatic rings. The monoisotopic (exact) mass is 364 g/mol. The summed E-state index contributed by atoms with van der Waals surface area (Å²) in [4.78, 5) is 21.0. The average Bonchev–Trinajstić information content (AvgIpc) is 3.35. The van der Waals surface area contributed by atoms with Crippen LogP contribution in [0.1, 0.15) is 31.2 Å². The maximum Gasteiger partial charge on any atom is 0.251 e. The van der Waals surface area contributed by atoms with Gasteiger partial charge in [-0.3, -0.25) is 9.79 Å². The van der Waals surface area contributed by atoms with Crippen molar-refractivity contribution in [1.29, 1.82) is 0 Å².